The fraction of sp³-hybridized carbons (Fsp3) is 0.133. The normalized spacial score (nSPS) is 9.75. The van der Waals surface area contributed by atoms with Gasteiger partial charge in [-0.2, -0.15) is 5.26 Å². The van der Waals surface area contributed by atoms with Gasteiger partial charge in [-0.15, -0.1) is 17.9 Å². The SMILES string of the molecule is C=CCN(Cc1cccc(C#N)c1)C(=O)c1cscn1. The van der Waals surface area contributed by atoms with Gasteiger partial charge >= 0.3 is 0 Å². The molecule has 0 fully saturated rings. The summed E-state index contributed by atoms with van der Waals surface area (Å²) in [7, 11) is 0. The van der Waals surface area contributed by atoms with Crippen molar-refractivity contribution in [1.82, 2.24) is 9.88 Å². The molecule has 5 heteroatoms. The number of hydrogen-bond acceptors (Lipinski definition) is 4. The molecule has 1 aromatic heterocycles. The maximum Gasteiger partial charge on any atom is 0.273 e. The van der Waals surface area contributed by atoms with Crippen LogP contribution in [0, 0.1) is 11.3 Å². The zero-order chi connectivity index (χ0) is 14.4. The molecule has 2 rings (SSSR count). The summed E-state index contributed by atoms with van der Waals surface area (Å²) in [6.45, 7) is 4.54. The van der Waals surface area contributed by atoms with Crippen molar-refractivity contribution in [2.75, 3.05) is 6.54 Å². The van der Waals surface area contributed by atoms with Crippen molar-refractivity contribution in [1.29, 1.82) is 5.26 Å². The average Bonchev–Trinajstić information content (AvgIpc) is 3.00. The van der Waals surface area contributed by atoms with Crippen molar-refractivity contribution < 1.29 is 4.79 Å². The van der Waals surface area contributed by atoms with Crippen molar-refractivity contribution >= 4 is 17.2 Å². The van der Waals surface area contributed by atoms with Gasteiger partial charge in [-0.3, -0.25) is 4.79 Å². The zero-order valence-electron chi connectivity index (χ0n) is 10.8. The Morgan fingerprint density at radius 3 is 3.05 bits per heavy atom. The Hall–Kier alpha value is -2.45. The average molecular weight is 283 g/mol. The van der Waals surface area contributed by atoms with Crippen molar-refractivity contribution in [2.45, 2.75) is 6.54 Å². The second kappa shape index (κ2) is 6.64. The summed E-state index contributed by atoms with van der Waals surface area (Å²) in [4.78, 5) is 18.0. The zero-order valence-corrected chi connectivity index (χ0v) is 11.6. The van der Waals surface area contributed by atoms with E-state index in [1.165, 1.54) is 11.3 Å². The first-order chi connectivity index (χ1) is 9.74. The molecule has 0 aliphatic heterocycles. The van der Waals surface area contributed by atoms with E-state index in [1.807, 2.05) is 12.1 Å². The van der Waals surface area contributed by atoms with Gasteiger partial charge in [-0.05, 0) is 17.7 Å². The lowest BCUT2D eigenvalue weighted by Crippen LogP contribution is -2.30. The number of nitrogens with zero attached hydrogens (tertiary/aromatic N) is 3. The molecular formula is C15H13N3OS. The molecule has 0 radical (unpaired) electrons. The molecule has 0 bridgehead atoms. The van der Waals surface area contributed by atoms with E-state index in [4.69, 9.17) is 5.26 Å². The Labute approximate surface area is 121 Å². The minimum atomic E-state index is -0.131. The third-order valence-electron chi connectivity index (χ3n) is 2.72. The minimum Gasteiger partial charge on any atom is -0.329 e. The van der Waals surface area contributed by atoms with Gasteiger partial charge in [-0.25, -0.2) is 4.98 Å². The van der Waals surface area contributed by atoms with Gasteiger partial charge in [0.25, 0.3) is 5.91 Å². The minimum absolute atomic E-state index is 0.131. The number of hydrogen-bond donors (Lipinski definition) is 0. The van der Waals surface area contributed by atoms with Gasteiger partial charge in [-0.1, -0.05) is 18.2 Å². The van der Waals surface area contributed by atoms with Gasteiger partial charge in [0.05, 0.1) is 17.1 Å². The number of carbonyl (C=O) groups excluding carboxylic acids is 1. The standard InChI is InChI=1S/C15H13N3OS/c1-2-6-18(15(19)14-10-20-11-17-14)9-13-5-3-4-12(7-13)8-16/h2-5,7,10-11H,1,6,9H2. The van der Waals surface area contributed by atoms with E-state index < -0.39 is 0 Å². The summed E-state index contributed by atoms with van der Waals surface area (Å²) in [6.07, 6.45) is 1.68. The molecule has 0 saturated carbocycles. The fourth-order valence-electron chi connectivity index (χ4n) is 1.81. The molecule has 0 unspecified atom stereocenters. The molecule has 0 spiro atoms. The fourth-order valence-corrected chi connectivity index (χ4v) is 2.34. The largest absolute Gasteiger partial charge is 0.329 e. The molecular weight excluding hydrogens is 270 g/mol. The highest BCUT2D eigenvalue weighted by molar-refractivity contribution is 7.07. The molecule has 0 saturated heterocycles. The van der Waals surface area contributed by atoms with E-state index in [9.17, 15) is 4.79 Å². The summed E-state index contributed by atoms with van der Waals surface area (Å²) in [6, 6.07) is 9.32. The number of rotatable bonds is 5. The topological polar surface area (TPSA) is 57.0 Å². The molecule has 4 nitrogen and oxygen atoms in total. The summed E-state index contributed by atoms with van der Waals surface area (Å²) >= 11 is 1.39. The third kappa shape index (κ3) is 3.31. The van der Waals surface area contributed by atoms with Gasteiger partial charge in [0, 0.05) is 18.5 Å². The molecule has 100 valence electrons. The molecule has 1 amide bonds. The summed E-state index contributed by atoms with van der Waals surface area (Å²) in [5.74, 6) is -0.131. The summed E-state index contributed by atoms with van der Waals surface area (Å²) < 4.78 is 0. The molecule has 0 N–H and O–H groups in total. The van der Waals surface area contributed by atoms with Crippen molar-refractivity contribution in [3.05, 3.63) is 64.6 Å². The van der Waals surface area contributed by atoms with Gasteiger partial charge < -0.3 is 4.90 Å². The van der Waals surface area contributed by atoms with Crippen LogP contribution in [0.25, 0.3) is 0 Å². The predicted molar refractivity (Wildman–Crippen MR) is 78.2 cm³/mol. The first-order valence-corrected chi connectivity index (χ1v) is 6.96. The highest BCUT2D eigenvalue weighted by Gasteiger charge is 2.16. The van der Waals surface area contributed by atoms with E-state index in [0.29, 0.717) is 24.3 Å². The number of carbonyl (C=O) groups is 1. The lowest BCUT2D eigenvalue weighted by atomic mass is 10.1. The van der Waals surface area contributed by atoms with Crippen LogP contribution in [0.2, 0.25) is 0 Å². The van der Waals surface area contributed by atoms with Crippen LogP contribution in [-0.4, -0.2) is 22.3 Å². The van der Waals surface area contributed by atoms with Crippen LogP contribution < -0.4 is 0 Å². The van der Waals surface area contributed by atoms with Gasteiger partial charge in [0.15, 0.2) is 0 Å². The maximum atomic E-state index is 12.3. The van der Waals surface area contributed by atoms with Gasteiger partial charge in [0.2, 0.25) is 0 Å². The van der Waals surface area contributed by atoms with Crippen LogP contribution in [0.15, 0.2) is 47.8 Å². The van der Waals surface area contributed by atoms with Crippen molar-refractivity contribution in [2.24, 2.45) is 0 Å². The number of nitriles is 1. The van der Waals surface area contributed by atoms with Crippen molar-refractivity contribution in [3.8, 4) is 6.07 Å². The number of thiazole rings is 1. The quantitative estimate of drug-likeness (QED) is 0.793. The summed E-state index contributed by atoms with van der Waals surface area (Å²) in [5.41, 5.74) is 3.57. The Balaban J connectivity index is 2.19. The van der Waals surface area contributed by atoms with Gasteiger partial charge in [0.1, 0.15) is 5.69 Å². The van der Waals surface area contributed by atoms with Crippen molar-refractivity contribution in [3.63, 3.8) is 0 Å². The van der Waals surface area contributed by atoms with E-state index in [1.54, 1.807) is 34.0 Å². The first-order valence-electron chi connectivity index (χ1n) is 6.02. The van der Waals surface area contributed by atoms with Crippen LogP contribution in [0.3, 0.4) is 0 Å². The summed E-state index contributed by atoms with van der Waals surface area (Å²) in [5, 5.41) is 10.6. The molecule has 1 heterocycles. The van der Waals surface area contributed by atoms with Crippen LogP contribution >= 0.6 is 11.3 Å². The molecule has 2 aromatic rings. The Bertz CT molecular complexity index is 643. The Kier molecular flexibility index (Phi) is 4.64. The molecule has 0 atom stereocenters. The van der Waals surface area contributed by atoms with E-state index in [0.717, 1.165) is 5.56 Å². The van der Waals surface area contributed by atoms with Crippen LogP contribution in [0.5, 0.6) is 0 Å². The van der Waals surface area contributed by atoms with Crippen LogP contribution in [-0.2, 0) is 6.54 Å². The van der Waals surface area contributed by atoms with Crippen LogP contribution in [0.4, 0.5) is 0 Å². The molecule has 0 aliphatic rings. The Morgan fingerprint density at radius 2 is 2.40 bits per heavy atom. The van der Waals surface area contributed by atoms with E-state index in [2.05, 4.69) is 17.6 Å². The molecule has 20 heavy (non-hydrogen) atoms. The first kappa shape index (κ1) is 14.0. The lowest BCUT2D eigenvalue weighted by molar-refractivity contribution is 0.0757. The van der Waals surface area contributed by atoms with Crippen LogP contribution in [0.1, 0.15) is 21.6 Å². The number of aromatic nitrogens is 1. The maximum absolute atomic E-state index is 12.3. The van der Waals surface area contributed by atoms with E-state index >= 15 is 0 Å². The second-order valence-electron chi connectivity index (χ2n) is 4.16. The third-order valence-corrected chi connectivity index (χ3v) is 3.30. The lowest BCUT2D eigenvalue weighted by Gasteiger charge is -2.20. The molecule has 0 aliphatic carbocycles. The molecule has 1 aromatic carbocycles. The number of amides is 1. The monoisotopic (exact) mass is 283 g/mol. The predicted octanol–water partition coefficient (Wildman–Crippen LogP) is 2.84. The highest BCUT2D eigenvalue weighted by Crippen LogP contribution is 2.12. The highest BCUT2D eigenvalue weighted by atomic mass is 32.1. The second-order valence-corrected chi connectivity index (χ2v) is 4.88. The Morgan fingerprint density at radius 1 is 1.55 bits per heavy atom. The number of benzene rings is 1. The smallest absolute Gasteiger partial charge is 0.273 e. The van der Waals surface area contributed by atoms with E-state index in [-0.39, 0.29) is 5.91 Å².